The minimum absolute atomic E-state index is 0.00581. The summed E-state index contributed by atoms with van der Waals surface area (Å²) in [5.74, 6) is -0.212. The molecular weight excluding hydrogens is 320 g/mol. The molecule has 1 unspecified atom stereocenters. The Morgan fingerprint density at radius 2 is 2.09 bits per heavy atom. The number of pyridine rings is 1. The summed E-state index contributed by atoms with van der Waals surface area (Å²) in [6, 6.07) is 8.86. The summed E-state index contributed by atoms with van der Waals surface area (Å²) in [6.45, 7) is 0.650. The first kappa shape index (κ1) is 15.2. The highest BCUT2D eigenvalue weighted by atomic mass is 32.2. The van der Waals surface area contributed by atoms with Crippen molar-refractivity contribution in [1.29, 1.82) is 0 Å². The summed E-state index contributed by atoms with van der Waals surface area (Å²) in [4.78, 5) is 18.9. The molecule has 1 atom stereocenters. The normalized spacial score (nSPS) is 21.3. The molecule has 1 fully saturated rings. The van der Waals surface area contributed by atoms with Crippen molar-refractivity contribution < 1.29 is 13.2 Å². The van der Waals surface area contributed by atoms with Gasteiger partial charge in [0, 0.05) is 24.2 Å². The van der Waals surface area contributed by atoms with Gasteiger partial charge in [-0.25, -0.2) is 8.42 Å². The van der Waals surface area contributed by atoms with Gasteiger partial charge in [0.2, 0.25) is 0 Å². The number of nitrogens with zero attached hydrogens (tertiary/aromatic N) is 2. The topological polar surface area (TPSA) is 67.3 Å². The molecule has 22 heavy (non-hydrogen) atoms. The van der Waals surface area contributed by atoms with Crippen molar-refractivity contribution in [2.24, 2.45) is 0 Å². The molecule has 7 heteroatoms. The number of amides is 1. The Morgan fingerprint density at radius 1 is 1.23 bits per heavy atom. The maximum atomic E-state index is 12.5. The number of aromatic nitrogens is 1. The summed E-state index contributed by atoms with van der Waals surface area (Å²) >= 11 is 1.45. The van der Waals surface area contributed by atoms with E-state index < -0.39 is 15.1 Å². The van der Waals surface area contributed by atoms with Crippen LogP contribution in [-0.2, 0) is 9.84 Å². The Morgan fingerprint density at radius 3 is 2.77 bits per heavy atom. The Labute approximate surface area is 133 Å². The van der Waals surface area contributed by atoms with Crippen LogP contribution in [0.15, 0.2) is 41.9 Å². The van der Waals surface area contributed by atoms with Crippen LogP contribution in [0.25, 0.3) is 0 Å². The summed E-state index contributed by atoms with van der Waals surface area (Å²) < 4.78 is 24.9. The summed E-state index contributed by atoms with van der Waals surface area (Å²) in [5, 5.41) is 1.38. The van der Waals surface area contributed by atoms with Gasteiger partial charge in [-0.2, -0.15) is 0 Å². The number of carbonyl (C=O) groups is 1. The van der Waals surface area contributed by atoms with Gasteiger partial charge in [-0.05, 0) is 30.0 Å². The van der Waals surface area contributed by atoms with Gasteiger partial charge in [0.1, 0.15) is 5.69 Å². The van der Waals surface area contributed by atoms with Crippen molar-refractivity contribution in [1.82, 2.24) is 9.88 Å². The van der Waals surface area contributed by atoms with Crippen molar-refractivity contribution in [3.8, 4) is 0 Å². The lowest BCUT2D eigenvalue weighted by atomic mass is 10.2. The third kappa shape index (κ3) is 3.05. The molecule has 0 bridgehead atoms. The molecule has 1 amide bonds. The lowest BCUT2D eigenvalue weighted by Crippen LogP contribution is -2.34. The van der Waals surface area contributed by atoms with Gasteiger partial charge < -0.3 is 4.90 Å². The standard InChI is InChI=1S/C15H16N2O3S2/c18-15(12-4-1-2-7-16-12)17-8-6-14(13-5-3-10-21-13)22(19,20)11-9-17/h1-5,7,10,14H,6,8-9,11H2. The fraction of sp³-hybridized carbons (Fsp3) is 0.333. The second-order valence-electron chi connectivity index (χ2n) is 5.17. The number of rotatable bonds is 2. The molecular formula is C15H16N2O3S2. The molecule has 3 heterocycles. The van der Waals surface area contributed by atoms with Crippen LogP contribution in [-0.4, -0.2) is 43.1 Å². The van der Waals surface area contributed by atoms with E-state index in [9.17, 15) is 13.2 Å². The van der Waals surface area contributed by atoms with Crippen LogP contribution in [0.4, 0.5) is 0 Å². The average molecular weight is 336 g/mol. The van der Waals surface area contributed by atoms with Crippen molar-refractivity contribution >= 4 is 27.1 Å². The second-order valence-corrected chi connectivity index (χ2v) is 8.45. The maximum absolute atomic E-state index is 12.5. The molecule has 116 valence electrons. The predicted octanol–water partition coefficient (Wildman–Crippen LogP) is 2.15. The highest BCUT2D eigenvalue weighted by Crippen LogP contribution is 2.32. The van der Waals surface area contributed by atoms with Gasteiger partial charge in [0.15, 0.2) is 9.84 Å². The van der Waals surface area contributed by atoms with Crippen LogP contribution < -0.4 is 0 Å². The molecule has 2 aromatic rings. The highest BCUT2D eigenvalue weighted by molar-refractivity contribution is 7.91. The van der Waals surface area contributed by atoms with E-state index in [0.29, 0.717) is 18.7 Å². The van der Waals surface area contributed by atoms with Crippen molar-refractivity contribution in [3.05, 3.63) is 52.5 Å². The second kappa shape index (κ2) is 6.18. The fourth-order valence-corrected chi connectivity index (χ4v) is 5.60. The monoisotopic (exact) mass is 336 g/mol. The van der Waals surface area contributed by atoms with Crippen LogP contribution in [0.2, 0.25) is 0 Å². The molecule has 2 aromatic heterocycles. The van der Waals surface area contributed by atoms with Crippen molar-refractivity contribution in [3.63, 3.8) is 0 Å². The summed E-state index contributed by atoms with van der Waals surface area (Å²) in [5.41, 5.74) is 0.356. The first-order chi connectivity index (χ1) is 10.6. The zero-order chi connectivity index (χ0) is 15.6. The zero-order valence-electron chi connectivity index (χ0n) is 11.9. The van der Waals surface area contributed by atoms with Gasteiger partial charge in [-0.15, -0.1) is 11.3 Å². The van der Waals surface area contributed by atoms with E-state index in [2.05, 4.69) is 4.98 Å². The van der Waals surface area contributed by atoms with E-state index >= 15 is 0 Å². The Balaban J connectivity index is 1.81. The van der Waals surface area contributed by atoms with Crippen molar-refractivity contribution in [2.45, 2.75) is 11.7 Å². The lowest BCUT2D eigenvalue weighted by molar-refractivity contribution is 0.0761. The quantitative estimate of drug-likeness (QED) is 0.843. The molecule has 0 spiro atoms. The van der Waals surface area contributed by atoms with E-state index in [1.54, 1.807) is 29.3 Å². The Bertz CT molecular complexity index is 742. The first-order valence-electron chi connectivity index (χ1n) is 7.03. The largest absolute Gasteiger partial charge is 0.336 e. The molecule has 0 radical (unpaired) electrons. The molecule has 1 saturated heterocycles. The molecule has 1 aliphatic rings. The van der Waals surface area contributed by atoms with Gasteiger partial charge in [0.05, 0.1) is 11.0 Å². The van der Waals surface area contributed by atoms with E-state index in [1.807, 2.05) is 17.5 Å². The smallest absolute Gasteiger partial charge is 0.272 e. The van der Waals surface area contributed by atoms with E-state index in [-0.39, 0.29) is 18.2 Å². The highest BCUT2D eigenvalue weighted by Gasteiger charge is 2.33. The van der Waals surface area contributed by atoms with Crippen LogP contribution in [0.1, 0.15) is 27.0 Å². The molecule has 1 aliphatic heterocycles. The molecule has 5 nitrogen and oxygen atoms in total. The van der Waals surface area contributed by atoms with Gasteiger partial charge >= 0.3 is 0 Å². The number of carbonyl (C=O) groups excluding carboxylic acids is 1. The first-order valence-corrected chi connectivity index (χ1v) is 9.63. The Kier molecular flexibility index (Phi) is 4.26. The molecule has 0 aromatic carbocycles. The number of hydrogen-bond donors (Lipinski definition) is 0. The molecule has 3 rings (SSSR count). The van der Waals surface area contributed by atoms with Gasteiger partial charge in [0.25, 0.3) is 5.91 Å². The van der Waals surface area contributed by atoms with E-state index in [4.69, 9.17) is 0 Å². The summed E-state index contributed by atoms with van der Waals surface area (Å²) in [7, 11) is -3.24. The van der Waals surface area contributed by atoms with Crippen LogP contribution in [0.5, 0.6) is 0 Å². The van der Waals surface area contributed by atoms with Gasteiger partial charge in [-0.1, -0.05) is 12.1 Å². The maximum Gasteiger partial charge on any atom is 0.272 e. The lowest BCUT2D eigenvalue weighted by Gasteiger charge is -2.19. The number of sulfone groups is 1. The number of hydrogen-bond acceptors (Lipinski definition) is 5. The molecule has 0 N–H and O–H groups in total. The minimum atomic E-state index is -3.24. The predicted molar refractivity (Wildman–Crippen MR) is 85.6 cm³/mol. The van der Waals surface area contributed by atoms with Crippen LogP contribution in [0.3, 0.4) is 0 Å². The molecule has 0 saturated carbocycles. The third-order valence-electron chi connectivity index (χ3n) is 3.77. The molecule has 0 aliphatic carbocycles. The SMILES string of the molecule is O=C(c1ccccn1)N1CCC(c2cccs2)S(=O)(=O)CC1. The minimum Gasteiger partial charge on any atom is -0.336 e. The zero-order valence-corrected chi connectivity index (χ0v) is 13.5. The van der Waals surface area contributed by atoms with Crippen LogP contribution >= 0.6 is 11.3 Å². The van der Waals surface area contributed by atoms with Crippen molar-refractivity contribution in [2.75, 3.05) is 18.8 Å². The summed E-state index contributed by atoms with van der Waals surface area (Å²) in [6.07, 6.45) is 2.00. The third-order valence-corrected chi connectivity index (χ3v) is 7.02. The van der Waals surface area contributed by atoms with E-state index in [0.717, 1.165) is 4.88 Å². The average Bonchev–Trinajstić information content (AvgIpc) is 2.99. The van der Waals surface area contributed by atoms with Crippen LogP contribution in [0, 0.1) is 0 Å². The van der Waals surface area contributed by atoms with Gasteiger partial charge in [-0.3, -0.25) is 9.78 Å². The Hall–Kier alpha value is -1.73. The fourth-order valence-electron chi connectivity index (χ4n) is 2.59. The van der Waals surface area contributed by atoms with E-state index in [1.165, 1.54) is 11.3 Å². The number of thiophene rings is 1.